The van der Waals surface area contributed by atoms with Gasteiger partial charge >= 0.3 is 0 Å². The van der Waals surface area contributed by atoms with Crippen LogP contribution < -0.4 is 10.2 Å². The predicted molar refractivity (Wildman–Crippen MR) is 98.0 cm³/mol. The molecule has 5 nitrogen and oxygen atoms in total. The molecule has 0 aromatic heterocycles. The molecule has 25 heavy (non-hydrogen) atoms. The zero-order valence-corrected chi connectivity index (χ0v) is 14.1. The largest absolute Gasteiger partial charge is 0.481 e. The van der Waals surface area contributed by atoms with Crippen molar-refractivity contribution in [2.45, 2.75) is 20.0 Å². The zero-order chi connectivity index (χ0) is 18.1. The van der Waals surface area contributed by atoms with Crippen LogP contribution in [-0.4, -0.2) is 18.2 Å². The van der Waals surface area contributed by atoms with E-state index in [1.54, 1.807) is 37.4 Å². The zero-order valence-electron chi connectivity index (χ0n) is 14.1. The third-order valence-electron chi connectivity index (χ3n) is 3.30. The van der Waals surface area contributed by atoms with Crippen LogP contribution in [0.15, 0.2) is 65.3 Å². The van der Waals surface area contributed by atoms with Crippen LogP contribution in [0.5, 0.6) is 5.75 Å². The second-order valence-electron chi connectivity index (χ2n) is 5.43. The van der Waals surface area contributed by atoms with Crippen LogP contribution in [0.4, 0.5) is 0 Å². The lowest BCUT2D eigenvalue weighted by Crippen LogP contribution is -2.33. The van der Waals surface area contributed by atoms with Crippen molar-refractivity contribution in [3.63, 3.8) is 0 Å². The van der Waals surface area contributed by atoms with Crippen molar-refractivity contribution >= 4 is 18.2 Å². The number of amides is 1. The van der Waals surface area contributed by atoms with Crippen molar-refractivity contribution in [1.29, 1.82) is 5.26 Å². The summed E-state index contributed by atoms with van der Waals surface area (Å²) < 4.78 is 5.52. The molecule has 2 aromatic carbocycles. The molecule has 0 aliphatic carbocycles. The van der Waals surface area contributed by atoms with Crippen molar-refractivity contribution in [2.75, 3.05) is 0 Å². The van der Waals surface area contributed by atoms with Crippen molar-refractivity contribution in [3.8, 4) is 11.8 Å². The normalized spacial score (nSPS) is 12.4. The van der Waals surface area contributed by atoms with E-state index in [1.807, 2.05) is 49.4 Å². The molecule has 0 spiro atoms. The Balaban J connectivity index is 1.86. The van der Waals surface area contributed by atoms with E-state index in [-0.39, 0.29) is 5.91 Å². The van der Waals surface area contributed by atoms with Gasteiger partial charge in [-0.1, -0.05) is 36.4 Å². The number of nitrogens with one attached hydrogen (secondary N) is 1. The van der Waals surface area contributed by atoms with Crippen molar-refractivity contribution in [2.24, 2.45) is 5.10 Å². The number of nitriles is 1. The second kappa shape index (κ2) is 9.04. The highest BCUT2D eigenvalue weighted by Crippen LogP contribution is 2.13. The molecular weight excluding hydrogens is 314 g/mol. The molecule has 0 heterocycles. The van der Waals surface area contributed by atoms with Gasteiger partial charge in [-0.2, -0.15) is 10.4 Å². The number of hydrazone groups is 1. The second-order valence-corrected chi connectivity index (χ2v) is 5.43. The number of nitrogens with zero attached hydrogens (tertiary/aromatic N) is 2. The lowest BCUT2D eigenvalue weighted by molar-refractivity contribution is -0.127. The first-order valence-corrected chi connectivity index (χ1v) is 7.81. The minimum Gasteiger partial charge on any atom is -0.481 e. The summed E-state index contributed by atoms with van der Waals surface area (Å²) >= 11 is 0. The van der Waals surface area contributed by atoms with Gasteiger partial charge in [0.2, 0.25) is 0 Å². The Morgan fingerprint density at radius 3 is 2.52 bits per heavy atom. The van der Waals surface area contributed by atoms with Gasteiger partial charge in [0, 0.05) is 0 Å². The van der Waals surface area contributed by atoms with Gasteiger partial charge in [0.15, 0.2) is 6.10 Å². The summed E-state index contributed by atoms with van der Waals surface area (Å²) in [5.41, 5.74) is 4.97. The molecular formula is C20H19N3O2. The molecule has 126 valence electrons. The molecule has 0 saturated heterocycles. The molecule has 1 N–H and O–H groups in total. The Morgan fingerprint density at radius 2 is 1.88 bits per heavy atom. The molecule has 0 bridgehead atoms. The number of carbonyl (C=O) groups is 1. The van der Waals surface area contributed by atoms with E-state index in [0.717, 1.165) is 11.1 Å². The molecule has 0 aliphatic rings. The summed E-state index contributed by atoms with van der Waals surface area (Å²) in [7, 11) is 0. The maximum absolute atomic E-state index is 12.0. The fourth-order valence-electron chi connectivity index (χ4n) is 2.00. The Morgan fingerprint density at radius 1 is 1.20 bits per heavy atom. The molecule has 1 atom stereocenters. The van der Waals surface area contributed by atoms with Gasteiger partial charge in [-0.25, -0.2) is 5.43 Å². The van der Waals surface area contributed by atoms with Crippen molar-refractivity contribution < 1.29 is 9.53 Å². The van der Waals surface area contributed by atoms with Gasteiger partial charge in [0.1, 0.15) is 5.75 Å². The van der Waals surface area contributed by atoms with Crippen LogP contribution in [0, 0.1) is 11.3 Å². The number of allylic oxidation sites excluding steroid dienone is 1. The lowest BCUT2D eigenvalue weighted by Gasteiger charge is -2.12. The van der Waals surface area contributed by atoms with E-state index in [1.165, 1.54) is 0 Å². The summed E-state index contributed by atoms with van der Waals surface area (Å²) in [6.07, 6.45) is 2.84. The molecule has 1 amide bonds. The van der Waals surface area contributed by atoms with E-state index in [4.69, 9.17) is 10.00 Å². The van der Waals surface area contributed by atoms with Crippen molar-refractivity contribution in [1.82, 2.24) is 5.43 Å². The van der Waals surface area contributed by atoms with Gasteiger partial charge in [-0.3, -0.25) is 4.79 Å². The molecule has 0 aliphatic heterocycles. The summed E-state index contributed by atoms with van der Waals surface area (Å²) in [6.45, 7) is 3.54. The number of benzene rings is 2. The minimum atomic E-state index is -0.705. The van der Waals surface area contributed by atoms with Gasteiger partial charge in [-0.05, 0) is 49.2 Å². The fraction of sp³-hybridized carbons (Fsp3) is 0.150. The SMILES string of the molecule is C/C(C=NNC(=O)[C@@H](C)Oc1ccc(C#N)cc1)=C/c1ccccc1. The third kappa shape index (κ3) is 5.96. The van der Waals surface area contributed by atoms with Crippen LogP contribution in [0.25, 0.3) is 6.08 Å². The monoisotopic (exact) mass is 333 g/mol. The van der Waals surface area contributed by atoms with Crippen LogP contribution >= 0.6 is 0 Å². The first-order valence-electron chi connectivity index (χ1n) is 7.81. The quantitative estimate of drug-likeness (QED) is 0.649. The van der Waals surface area contributed by atoms with Gasteiger partial charge in [-0.15, -0.1) is 0 Å². The fourth-order valence-corrected chi connectivity index (χ4v) is 2.00. The third-order valence-corrected chi connectivity index (χ3v) is 3.30. The number of ether oxygens (including phenoxy) is 1. The molecule has 0 radical (unpaired) electrons. The number of carbonyl (C=O) groups excluding carboxylic acids is 1. The van der Waals surface area contributed by atoms with Crippen LogP contribution in [0.2, 0.25) is 0 Å². The van der Waals surface area contributed by atoms with Crippen molar-refractivity contribution in [3.05, 3.63) is 71.3 Å². The highest BCUT2D eigenvalue weighted by molar-refractivity contribution is 5.87. The maximum atomic E-state index is 12.0. The number of rotatable bonds is 6. The Kier molecular flexibility index (Phi) is 6.49. The Bertz CT molecular complexity index is 803. The van der Waals surface area contributed by atoms with E-state index >= 15 is 0 Å². The smallest absolute Gasteiger partial charge is 0.280 e. The van der Waals surface area contributed by atoms with Crippen LogP contribution in [-0.2, 0) is 4.79 Å². The van der Waals surface area contributed by atoms with Gasteiger partial charge < -0.3 is 4.74 Å². The highest BCUT2D eigenvalue weighted by atomic mass is 16.5. The maximum Gasteiger partial charge on any atom is 0.280 e. The molecule has 0 saturated carbocycles. The standard InChI is InChI=1S/C20H19N3O2/c1-15(12-17-6-4-3-5-7-17)14-22-23-20(24)16(2)25-19-10-8-18(13-21)9-11-19/h3-12,14,16H,1-2H3,(H,23,24)/b15-12-,22-14?/t16-/m1/s1. The molecule has 0 fully saturated rings. The van der Waals surface area contributed by atoms with Gasteiger partial charge in [0.05, 0.1) is 17.8 Å². The molecule has 5 heteroatoms. The topological polar surface area (TPSA) is 74.5 Å². The summed E-state index contributed by atoms with van der Waals surface area (Å²) in [5, 5.41) is 12.7. The molecule has 2 aromatic rings. The average Bonchev–Trinajstić information content (AvgIpc) is 2.63. The van der Waals surface area contributed by atoms with E-state index in [0.29, 0.717) is 11.3 Å². The van der Waals surface area contributed by atoms with Crippen LogP contribution in [0.3, 0.4) is 0 Å². The van der Waals surface area contributed by atoms with E-state index in [9.17, 15) is 4.79 Å². The Labute approximate surface area is 147 Å². The lowest BCUT2D eigenvalue weighted by atomic mass is 10.1. The first kappa shape index (κ1) is 18.0. The summed E-state index contributed by atoms with van der Waals surface area (Å²) in [4.78, 5) is 12.0. The number of hydrogen-bond acceptors (Lipinski definition) is 4. The molecule has 0 unspecified atom stereocenters. The van der Waals surface area contributed by atoms with E-state index in [2.05, 4.69) is 10.5 Å². The molecule has 2 rings (SSSR count). The highest BCUT2D eigenvalue weighted by Gasteiger charge is 2.13. The summed E-state index contributed by atoms with van der Waals surface area (Å²) in [6, 6.07) is 18.4. The summed E-state index contributed by atoms with van der Waals surface area (Å²) in [5.74, 6) is 0.166. The van der Waals surface area contributed by atoms with Crippen LogP contribution in [0.1, 0.15) is 25.0 Å². The van der Waals surface area contributed by atoms with Gasteiger partial charge in [0.25, 0.3) is 5.91 Å². The Hall–Kier alpha value is -3.39. The number of hydrogen-bond donors (Lipinski definition) is 1. The first-order chi connectivity index (χ1) is 12.1. The average molecular weight is 333 g/mol. The van der Waals surface area contributed by atoms with E-state index < -0.39 is 6.10 Å². The predicted octanol–water partition coefficient (Wildman–Crippen LogP) is 3.53. The minimum absolute atomic E-state index is 0.354.